The quantitative estimate of drug-likeness (QED) is 0.128. The minimum Gasteiger partial charge on any atom is -0.486 e. The van der Waals surface area contributed by atoms with Gasteiger partial charge in [-0.05, 0) is 66.4 Å². The first-order valence-corrected chi connectivity index (χ1v) is 20.2. The van der Waals surface area contributed by atoms with E-state index in [-0.39, 0.29) is 20.1 Å². The summed E-state index contributed by atoms with van der Waals surface area (Å²) >= 11 is 0. The third kappa shape index (κ3) is 7.67. The van der Waals surface area contributed by atoms with Crippen molar-refractivity contribution in [2.24, 2.45) is 0 Å². The van der Waals surface area contributed by atoms with Gasteiger partial charge in [-0.1, -0.05) is 93.9 Å². The summed E-state index contributed by atoms with van der Waals surface area (Å²) in [4.78, 5) is 13.9. The van der Waals surface area contributed by atoms with Gasteiger partial charge in [-0.15, -0.1) is 53.6 Å². The average Bonchev–Trinajstić information content (AvgIpc) is 3.45. The van der Waals surface area contributed by atoms with E-state index in [1.807, 2.05) is 43.5 Å². The van der Waals surface area contributed by atoms with Gasteiger partial charge in [-0.3, -0.25) is 0 Å². The van der Waals surface area contributed by atoms with E-state index in [1.165, 1.54) is 48.4 Å². The van der Waals surface area contributed by atoms with Gasteiger partial charge >= 0.3 is 0 Å². The molecule has 6 aromatic rings. The largest absolute Gasteiger partial charge is 0.486 e. The fourth-order valence-electron chi connectivity index (χ4n) is 6.70. The fourth-order valence-corrected chi connectivity index (χ4v) is 8.37. The second kappa shape index (κ2) is 14.8. The Labute approximate surface area is 294 Å². The molecule has 1 aliphatic carbocycles. The Morgan fingerprint density at radius 3 is 2.38 bits per heavy atom. The van der Waals surface area contributed by atoms with Crippen LogP contribution in [-0.2, 0) is 20.1 Å². The smallest absolute Gasteiger partial charge is 0.216 e. The van der Waals surface area contributed by atoms with Gasteiger partial charge in [0.25, 0.3) is 0 Å². The third-order valence-electron chi connectivity index (χ3n) is 9.22. The summed E-state index contributed by atoms with van der Waals surface area (Å²) in [6, 6.07) is 27.6. The molecule has 1 fully saturated rings. The van der Waals surface area contributed by atoms with Gasteiger partial charge < -0.3 is 14.4 Å². The first-order chi connectivity index (χ1) is 22.1. The van der Waals surface area contributed by atoms with E-state index in [4.69, 9.17) is 4.42 Å². The molecule has 0 aliphatic heterocycles. The van der Waals surface area contributed by atoms with E-state index in [9.17, 15) is 0 Å². The molecular weight excluding hydrogens is 771 g/mol. The molecule has 245 valence electrons. The van der Waals surface area contributed by atoms with Crippen molar-refractivity contribution in [3.63, 3.8) is 0 Å². The summed E-state index contributed by atoms with van der Waals surface area (Å²) < 4.78 is 6.20. The van der Waals surface area contributed by atoms with Gasteiger partial charge in [0.1, 0.15) is 0 Å². The number of nitrogens with zero attached hydrogens (tertiary/aromatic N) is 3. The summed E-state index contributed by atoms with van der Waals surface area (Å²) in [5, 5.41) is 3.66. The minimum absolute atomic E-state index is 0. The number of aryl methyl sites for hydroxylation is 2. The maximum Gasteiger partial charge on any atom is 0.216 e. The zero-order chi connectivity index (χ0) is 32.4. The average molecular weight is 816 g/mol. The summed E-state index contributed by atoms with van der Waals surface area (Å²) in [7, 11) is -1.34. The van der Waals surface area contributed by atoms with Crippen molar-refractivity contribution < 1.29 is 24.5 Å². The third-order valence-corrected chi connectivity index (χ3v) is 11.3. The summed E-state index contributed by atoms with van der Waals surface area (Å²) in [6.07, 6.45) is 10.6. The van der Waals surface area contributed by atoms with E-state index >= 15 is 0 Å². The van der Waals surface area contributed by atoms with Crippen LogP contribution in [0.1, 0.15) is 80.2 Å². The molecule has 1 saturated carbocycles. The molecule has 0 spiro atoms. The number of hydrogen-bond donors (Lipinski definition) is 0. The second-order valence-corrected chi connectivity index (χ2v) is 19.1. The zero-order valence-electron chi connectivity index (χ0n) is 28.7. The topological polar surface area (TPSA) is 51.8 Å². The van der Waals surface area contributed by atoms with E-state index in [1.54, 1.807) is 0 Å². The second-order valence-electron chi connectivity index (χ2n) is 14.1. The van der Waals surface area contributed by atoms with Crippen LogP contribution in [0.2, 0.25) is 19.6 Å². The van der Waals surface area contributed by atoms with E-state index in [0.717, 1.165) is 50.1 Å². The monoisotopic (exact) mass is 816 g/mol. The van der Waals surface area contributed by atoms with E-state index in [0.29, 0.717) is 17.5 Å². The Hall–Kier alpha value is -3.44. The Kier molecular flexibility index (Phi) is 11.0. The first-order valence-electron chi connectivity index (χ1n) is 16.7. The van der Waals surface area contributed by atoms with Crippen LogP contribution in [0.3, 0.4) is 0 Å². The van der Waals surface area contributed by atoms with Crippen LogP contribution >= 0.6 is 0 Å². The molecule has 0 atom stereocenters. The Morgan fingerprint density at radius 2 is 1.68 bits per heavy atom. The molecule has 1 aliphatic rings. The molecule has 4 aromatic heterocycles. The first kappa shape index (κ1) is 34.9. The van der Waals surface area contributed by atoms with Gasteiger partial charge in [0.2, 0.25) is 5.71 Å². The van der Waals surface area contributed by atoms with Gasteiger partial charge in [0, 0.05) is 43.6 Å². The van der Waals surface area contributed by atoms with Crippen LogP contribution in [0.25, 0.3) is 44.6 Å². The van der Waals surface area contributed by atoms with Crippen LogP contribution in [0.15, 0.2) is 77.5 Å². The fraction of sp³-hybridized carbons (Fsp3) is 0.341. The summed E-state index contributed by atoms with van der Waals surface area (Å²) in [5.41, 5.74) is 10.5. The maximum absolute atomic E-state index is 6.20. The van der Waals surface area contributed by atoms with Crippen molar-refractivity contribution in [2.45, 2.75) is 91.3 Å². The van der Waals surface area contributed by atoms with Gasteiger partial charge in [0.15, 0.2) is 0 Å². The molecule has 0 amide bonds. The number of pyridine rings is 3. The molecule has 47 heavy (non-hydrogen) atoms. The Morgan fingerprint density at radius 1 is 0.894 bits per heavy atom. The van der Waals surface area contributed by atoms with Crippen molar-refractivity contribution in [1.82, 2.24) is 15.0 Å². The number of aromatic nitrogens is 3. The minimum atomic E-state index is -1.34. The number of furan rings is 1. The van der Waals surface area contributed by atoms with E-state index < -0.39 is 8.07 Å². The molecule has 6 heteroatoms. The molecule has 2 aromatic carbocycles. The van der Waals surface area contributed by atoms with Crippen molar-refractivity contribution in [3.8, 4) is 22.5 Å². The molecule has 4 heterocycles. The molecule has 0 saturated heterocycles. The van der Waals surface area contributed by atoms with Crippen LogP contribution < -0.4 is 5.19 Å². The SMILES string of the molecule is CC(C)c1cc(-c2[c-]cccc2)ncc1[Si](C)(C)C.Cc1ccc2c(n1)oc1c(-c3cc(C4CCCCC4)ccn3)[c-]cc(C)c12.[Ir]. The van der Waals surface area contributed by atoms with Crippen LogP contribution in [0.4, 0.5) is 0 Å². The molecule has 0 bridgehead atoms. The molecule has 0 N–H and O–H groups in total. The van der Waals surface area contributed by atoms with E-state index in [2.05, 4.69) is 104 Å². The van der Waals surface area contributed by atoms with Crippen LogP contribution in [0.5, 0.6) is 0 Å². The molecule has 4 nitrogen and oxygen atoms in total. The molecule has 1 radical (unpaired) electrons. The number of fused-ring (bicyclic) bond motifs is 3. The Bertz CT molecular complexity index is 1970. The zero-order valence-corrected chi connectivity index (χ0v) is 32.1. The number of rotatable bonds is 5. The van der Waals surface area contributed by atoms with Gasteiger partial charge in [-0.2, -0.15) is 0 Å². The predicted octanol–water partition coefficient (Wildman–Crippen LogP) is 10.7. The van der Waals surface area contributed by atoms with Crippen molar-refractivity contribution in [1.29, 1.82) is 0 Å². The number of benzene rings is 2. The summed E-state index contributed by atoms with van der Waals surface area (Å²) in [5.74, 6) is 1.19. The molecule has 0 unspecified atom stereocenters. The van der Waals surface area contributed by atoms with Crippen LogP contribution in [0, 0.1) is 26.0 Å². The summed E-state index contributed by atoms with van der Waals surface area (Å²) in [6.45, 7) is 15.7. The standard InChI is InChI=1S/C24H23N2O.C17H22NSi.Ir/c1-15-8-10-19(23-22(15)20-11-9-16(2)26-24(20)27-23)21-14-18(12-13-25-21)17-6-4-3-5-7-17;1-13(2)15-11-16(14-9-7-6-8-10-14)18-12-17(15)19(3,4)5;/h8-9,11-14,17H,3-7H2,1-2H3;6-9,11-13H,1-5H3;/q2*-1;. The van der Waals surface area contributed by atoms with Crippen molar-refractivity contribution in [2.75, 3.05) is 0 Å². The molecular formula is C41H45IrN3OSi-2. The van der Waals surface area contributed by atoms with Crippen LogP contribution in [-0.4, -0.2) is 23.0 Å². The molecule has 7 rings (SSSR count). The predicted molar refractivity (Wildman–Crippen MR) is 194 cm³/mol. The van der Waals surface area contributed by atoms with Gasteiger partial charge in [0.05, 0.1) is 13.7 Å². The Balaban J connectivity index is 0.000000192. The van der Waals surface area contributed by atoms with Crippen molar-refractivity contribution >= 4 is 35.3 Å². The normalized spacial score (nSPS) is 13.8. The van der Waals surface area contributed by atoms with Gasteiger partial charge in [-0.25, -0.2) is 4.98 Å². The number of hydrogen-bond acceptors (Lipinski definition) is 4. The maximum atomic E-state index is 6.20. The van der Waals surface area contributed by atoms with Crippen molar-refractivity contribution in [3.05, 3.63) is 108 Å².